The number of aryl methyl sites for hydroxylation is 1. The molecule has 2 rings (SSSR count). The van der Waals surface area contributed by atoms with Crippen LogP contribution in [0.1, 0.15) is 42.1 Å². The number of aliphatic hydroxyl groups excluding tert-OH is 1. The van der Waals surface area contributed by atoms with Gasteiger partial charge in [-0.05, 0) is 37.8 Å². The van der Waals surface area contributed by atoms with Crippen LogP contribution in [-0.4, -0.2) is 24.9 Å². The molecule has 1 heterocycles. The third-order valence-electron chi connectivity index (χ3n) is 3.78. The Kier molecular flexibility index (Phi) is 4.25. The Morgan fingerprint density at radius 3 is 2.83 bits per heavy atom. The highest BCUT2D eigenvalue weighted by Gasteiger charge is 2.23. The molecule has 0 amide bonds. The van der Waals surface area contributed by atoms with Gasteiger partial charge < -0.3 is 14.6 Å². The Morgan fingerprint density at radius 1 is 1.44 bits per heavy atom. The molecule has 1 aromatic carbocycles. The fraction of sp³-hybridized carbons (Fsp3) is 0.600. The Bertz CT molecular complexity index is 408. The lowest BCUT2D eigenvalue weighted by Gasteiger charge is -2.20. The average Bonchev–Trinajstić information content (AvgIpc) is 2.85. The molecule has 1 aliphatic heterocycles. The number of aliphatic hydroxyl groups is 1. The van der Waals surface area contributed by atoms with E-state index in [1.807, 2.05) is 26.0 Å². The summed E-state index contributed by atoms with van der Waals surface area (Å²) in [5.41, 5.74) is 3.15. The van der Waals surface area contributed by atoms with E-state index in [1.54, 1.807) is 7.11 Å². The summed E-state index contributed by atoms with van der Waals surface area (Å²) in [4.78, 5) is 0. The lowest BCUT2D eigenvalue weighted by Crippen LogP contribution is -2.12. The van der Waals surface area contributed by atoms with E-state index in [4.69, 9.17) is 9.47 Å². The van der Waals surface area contributed by atoms with Crippen molar-refractivity contribution in [1.29, 1.82) is 0 Å². The molecule has 1 fully saturated rings. The number of benzene rings is 1. The van der Waals surface area contributed by atoms with Gasteiger partial charge >= 0.3 is 0 Å². The van der Waals surface area contributed by atoms with Crippen LogP contribution in [0.4, 0.5) is 0 Å². The maximum absolute atomic E-state index is 10.3. The highest BCUT2D eigenvalue weighted by molar-refractivity contribution is 5.46. The Balaban J connectivity index is 2.18. The summed E-state index contributed by atoms with van der Waals surface area (Å²) in [6.07, 6.45) is 2.47. The SMILES string of the molecule is COc1c(C(O)CC2CCCO2)ccc(C)c1C. The van der Waals surface area contributed by atoms with Gasteiger partial charge in [-0.2, -0.15) is 0 Å². The van der Waals surface area contributed by atoms with Crippen LogP contribution in [0.3, 0.4) is 0 Å². The molecule has 0 aromatic heterocycles. The second-order valence-electron chi connectivity index (χ2n) is 5.02. The Labute approximate surface area is 109 Å². The highest BCUT2D eigenvalue weighted by atomic mass is 16.5. The van der Waals surface area contributed by atoms with Crippen molar-refractivity contribution in [3.05, 3.63) is 28.8 Å². The molecule has 100 valence electrons. The second-order valence-corrected chi connectivity index (χ2v) is 5.02. The monoisotopic (exact) mass is 250 g/mol. The van der Waals surface area contributed by atoms with Gasteiger partial charge in [0.1, 0.15) is 5.75 Å². The van der Waals surface area contributed by atoms with Gasteiger partial charge in [-0.3, -0.25) is 0 Å². The van der Waals surface area contributed by atoms with Crippen LogP contribution >= 0.6 is 0 Å². The van der Waals surface area contributed by atoms with Gasteiger partial charge in [0.2, 0.25) is 0 Å². The van der Waals surface area contributed by atoms with Gasteiger partial charge in [0, 0.05) is 18.6 Å². The molecule has 0 radical (unpaired) electrons. The molecule has 0 aliphatic carbocycles. The predicted octanol–water partition coefficient (Wildman–Crippen LogP) is 2.91. The van der Waals surface area contributed by atoms with Crippen LogP contribution in [-0.2, 0) is 4.74 Å². The van der Waals surface area contributed by atoms with E-state index < -0.39 is 6.10 Å². The molecule has 3 heteroatoms. The number of ether oxygens (including phenoxy) is 2. The predicted molar refractivity (Wildman–Crippen MR) is 71.0 cm³/mol. The van der Waals surface area contributed by atoms with Crippen LogP contribution in [0.2, 0.25) is 0 Å². The molecule has 1 saturated heterocycles. The fourth-order valence-corrected chi connectivity index (χ4v) is 2.55. The minimum absolute atomic E-state index is 0.186. The van der Waals surface area contributed by atoms with Crippen LogP contribution in [0, 0.1) is 13.8 Å². The Hall–Kier alpha value is -1.06. The summed E-state index contributed by atoms with van der Waals surface area (Å²) in [5, 5.41) is 10.3. The molecule has 0 spiro atoms. The number of hydrogen-bond acceptors (Lipinski definition) is 3. The topological polar surface area (TPSA) is 38.7 Å². The van der Waals surface area contributed by atoms with E-state index in [-0.39, 0.29) is 6.10 Å². The Morgan fingerprint density at radius 2 is 2.22 bits per heavy atom. The summed E-state index contributed by atoms with van der Waals surface area (Å²) in [6.45, 7) is 4.89. The number of methoxy groups -OCH3 is 1. The molecule has 1 aromatic rings. The fourth-order valence-electron chi connectivity index (χ4n) is 2.55. The lowest BCUT2D eigenvalue weighted by atomic mass is 9.97. The zero-order valence-corrected chi connectivity index (χ0v) is 11.4. The molecule has 2 unspecified atom stereocenters. The van der Waals surface area contributed by atoms with Crippen molar-refractivity contribution < 1.29 is 14.6 Å². The quantitative estimate of drug-likeness (QED) is 0.893. The molecule has 2 atom stereocenters. The maximum Gasteiger partial charge on any atom is 0.127 e. The molecule has 18 heavy (non-hydrogen) atoms. The van der Waals surface area contributed by atoms with Crippen molar-refractivity contribution in [3.8, 4) is 5.75 Å². The van der Waals surface area contributed by atoms with E-state index in [2.05, 4.69) is 0 Å². The standard InChI is InChI=1S/C15H22O3/c1-10-6-7-13(15(17-3)11(10)2)14(16)9-12-5-4-8-18-12/h6-7,12,14,16H,4-5,8-9H2,1-3H3. The molecule has 1 N–H and O–H groups in total. The zero-order chi connectivity index (χ0) is 13.1. The summed E-state index contributed by atoms with van der Waals surface area (Å²) < 4.78 is 11.0. The second kappa shape index (κ2) is 5.72. The first-order valence-corrected chi connectivity index (χ1v) is 6.57. The molecule has 0 saturated carbocycles. The largest absolute Gasteiger partial charge is 0.496 e. The zero-order valence-electron chi connectivity index (χ0n) is 11.4. The van der Waals surface area contributed by atoms with E-state index in [0.29, 0.717) is 6.42 Å². The van der Waals surface area contributed by atoms with E-state index in [1.165, 1.54) is 5.56 Å². The van der Waals surface area contributed by atoms with Gasteiger partial charge in [-0.15, -0.1) is 0 Å². The van der Waals surface area contributed by atoms with Crippen molar-refractivity contribution in [3.63, 3.8) is 0 Å². The van der Waals surface area contributed by atoms with Crippen molar-refractivity contribution >= 4 is 0 Å². The minimum atomic E-state index is -0.512. The van der Waals surface area contributed by atoms with Crippen LogP contribution in [0.15, 0.2) is 12.1 Å². The van der Waals surface area contributed by atoms with Gasteiger partial charge in [0.15, 0.2) is 0 Å². The molecule has 0 bridgehead atoms. The smallest absolute Gasteiger partial charge is 0.127 e. The van der Waals surface area contributed by atoms with Gasteiger partial charge in [0.05, 0.1) is 19.3 Å². The summed E-state index contributed by atoms with van der Waals surface area (Å²) in [6, 6.07) is 3.99. The first kappa shape index (κ1) is 13.4. The summed E-state index contributed by atoms with van der Waals surface area (Å²) in [5.74, 6) is 0.806. The van der Waals surface area contributed by atoms with Gasteiger partial charge in [0.25, 0.3) is 0 Å². The molecule has 1 aliphatic rings. The van der Waals surface area contributed by atoms with Crippen LogP contribution in [0.5, 0.6) is 5.75 Å². The minimum Gasteiger partial charge on any atom is -0.496 e. The van der Waals surface area contributed by atoms with Crippen molar-refractivity contribution in [1.82, 2.24) is 0 Å². The lowest BCUT2D eigenvalue weighted by molar-refractivity contribution is 0.0525. The molecular weight excluding hydrogens is 228 g/mol. The van der Waals surface area contributed by atoms with E-state index in [9.17, 15) is 5.11 Å². The number of rotatable bonds is 4. The first-order chi connectivity index (χ1) is 8.63. The van der Waals surface area contributed by atoms with Gasteiger partial charge in [-0.1, -0.05) is 12.1 Å². The normalized spacial score (nSPS) is 21.0. The van der Waals surface area contributed by atoms with Crippen molar-refractivity contribution in [2.24, 2.45) is 0 Å². The number of hydrogen-bond donors (Lipinski definition) is 1. The summed E-state index contributed by atoms with van der Waals surface area (Å²) >= 11 is 0. The summed E-state index contributed by atoms with van der Waals surface area (Å²) in [7, 11) is 1.66. The van der Waals surface area contributed by atoms with Crippen molar-refractivity contribution in [2.45, 2.75) is 45.3 Å². The van der Waals surface area contributed by atoms with Crippen LogP contribution in [0.25, 0.3) is 0 Å². The van der Waals surface area contributed by atoms with E-state index in [0.717, 1.165) is 36.3 Å². The van der Waals surface area contributed by atoms with Crippen molar-refractivity contribution in [2.75, 3.05) is 13.7 Å². The molecule has 3 nitrogen and oxygen atoms in total. The van der Waals surface area contributed by atoms with Crippen LogP contribution < -0.4 is 4.74 Å². The van der Waals surface area contributed by atoms with Gasteiger partial charge in [-0.25, -0.2) is 0 Å². The highest BCUT2D eigenvalue weighted by Crippen LogP contribution is 2.34. The first-order valence-electron chi connectivity index (χ1n) is 6.57. The third-order valence-corrected chi connectivity index (χ3v) is 3.78. The average molecular weight is 250 g/mol. The van der Waals surface area contributed by atoms with E-state index >= 15 is 0 Å². The molecular formula is C15H22O3. The maximum atomic E-state index is 10.3. The third kappa shape index (κ3) is 2.68.